The zero-order chi connectivity index (χ0) is 20.5. The number of anilines is 1. The number of likely N-dealkylation sites (N-methyl/N-ethyl adjacent to an activating group) is 1. The Morgan fingerprint density at radius 3 is 2.83 bits per heavy atom. The Labute approximate surface area is 174 Å². The molecule has 3 aliphatic heterocycles. The quantitative estimate of drug-likeness (QED) is 0.781. The van der Waals surface area contributed by atoms with Crippen molar-refractivity contribution in [2.24, 2.45) is 0 Å². The molecule has 8 nitrogen and oxygen atoms in total. The maximum absolute atomic E-state index is 13.0. The molecule has 3 amide bonds. The fraction of sp³-hybridized carbons (Fsp3) is 0.650. The summed E-state index contributed by atoms with van der Waals surface area (Å²) in [7, 11) is 3.27. The molecular formula is C20H28N4O4S. The zero-order valence-electron chi connectivity index (χ0n) is 17.0. The number of hydrogen-bond acceptors (Lipinski definition) is 6. The van der Waals surface area contributed by atoms with Crippen LogP contribution in [0.4, 0.5) is 5.00 Å². The van der Waals surface area contributed by atoms with E-state index in [0.29, 0.717) is 43.2 Å². The summed E-state index contributed by atoms with van der Waals surface area (Å²) >= 11 is 1.47. The second kappa shape index (κ2) is 8.41. The maximum Gasteiger partial charge on any atom is 0.257 e. The van der Waals surface area contributed by atoms with Crippen LogP contribution in [0.15, 0.2) is 0 Å². The highest BCUT2D eigenvalue weighted by Gasteiger charge is 2.38. The molecule has 158 valence electrons. The summed E-state index contributed by atoms with van der Waals surface area (Å²) in [5, 5.41) is 4.04. The molecule has 0 aliphatic carbocycles. The van der Waals surface area contributed by atoms with Crippen molar-refractivity contribution in [1.82, 2.24) is 15.1 Å². The van der Waals surface area contributed by atoms with Gasteiger partial charge in [0.25, 0.3) is 5.91 Å². The number of rotatable bonds is 4. The smallest absolute Gasteiger partial charge is 0.257 e. The molecule has 0 spiro atoms. The number of piperidine rings is 1. The van der Waals surface area contributed by atoms with Gasteiger partial charge in [-0.1, -0.05) is 6.42 Å². The van der Waals surface area contributed by atoms with Crippen molar-refractivity contribution in [2.75, 3.05) is 51.8 Å². The van der Waals surface area contributed by atoms with Crippen LogP contribution >= 0.6 is 11.3 Å². The van der Waals surface area contributed by atoms with Crippen molar-refractivity contribution in [3.8, 4) is 0 Å². The second-order valence-electron chi connectivity index (χ2n) is 7.90. The van der Waals surface area contributed by atoms with E-state index in [4.69, 9.17) is 4.74 Å². The first-order valence-corrected chi connectivity index (χ1v) is 11.0. The number of nitrogens with one attached hydrogen (secondary N) is 1. The second-order valence-corrected chi connectivity index (χ2v) is 8.98. The topological polar surface area (TPSA) is 82.2 Å². The van der Waals surface area contributed by atoms with Crippen LogP contribution in [0.25, 0.3) is 0 Å². The number of hydrogen-bond donors (Lipinski definition) is 1. The van der Waals surface area contributed by atoms with Crippen LogP contribution in [0.2, 0.25) is 0 Å². The Kier molecular flexibility index (Phi) is 5.89. The molecular weight excluding hydrogens is 392 g/mol. The van der Waals surface area contributed by atoms with Gasteiger partial charge < -0.3 is 19.9 Å². The normalized spacial score (nSPS) is 22.4. The van der Waals surface area contributed by atoms with E-state index in [-0.39, 0.29) is 30.3 Å². The molecule has 1 N–H and O–H groups in total. The third kappa shape index (κ3) is 3.78. The van der Waals surface area contributed by atoms with Gasteiger partial charge in [-0.15, -0.1) is 11.3 Å². The molecule has 1 atom stereocenters. The van der Waals surface area contributed by atoms with Crippen LogP contribution in [-0.2, 0) is 27.3 Å². The lowest BCUT2D eigenvalue weighted by molar-refractivity contribution is -0.134. The zero-order valence-corrected chi connectivity index (χ0v) is 17.8. The minimum Gasteiger partial charge on any atom is -0.383 e. The van der Waals surface area contributed by atoms with E-state index < -0.39 is 0 Å². The van der Waals surface area contributed by atoms with Gasteiger partial charge in [0.05, 0.1) is 31.3 Å². The van der Waals surface area contributed by atoms with Gasteiger partial charge in [-0.25, -0.2) is 0 Å². The van der Waals surface area contributed by atoms with Crippen LogP contribution in [0.5, 0.6) is 0 Å². The predicted octanol–water partition coefficient (Wildman–Crippen LogP) is 0.840. The summed E-state index contributed by atoms with van der Waals surface area (Å²) in [6, 6.07) is -0.101. The first-order chi connectivity index (χ1) is 14.0. The monoisotopic (exact) mass is 420 g/mol. The average molecular weight is 421 g/mol. The molecule has 0 saturated carbocycles. The standard InChI is InChI=1S/C20H28N4O4S/c1-22-12-16(25)24(9-10-28-2)20-17(19(22)27)13-6-8-23(11-15(13)29-20)18(26)14-5-3-4-7-21-14/h14,21H,3-12H2,1-2H3/t14-/m1/s1. The predicted molar refractivity (Wildman–Crippen MR) is 110 cm³/mol. The summed E-state index contributed by atoms with van der Waals surface area (Å²) in [6.45, 7) is 2.89. The van der Waals surface area contributed by atoms with Gasteiger partial charge in [0.2, 0.25) is 11.8 Å². The first-order valence-electron chi connectivity index (χ1n) is 10.2. The Morgan fingerprint density at radius 1 is 1.28 bits per heavy atom. The molecule has 9 heteroatoms. The minimum absolute atomic E-state index is 0.0662. The van der Waals surface area contributed by atoms with Crippen LogP contribution < -0.4 is 10.2 Å². The van der Waals surface area contributed by atoms with Gasteiger partial charge in [-0.3, -0.25) is 19.3 Å². The van der Waals surface area contributed by atoms with Crippen molar-refractivity contribution in [2.45, 2.75) is 38.3 Å². The first kappa shape index (κ1) is 20.3. The van der Waals surface area contributed by atoms with Crippen LogP contribution in [0, 0.1) is 0 Å². The molecule has 4 heterocycles. The highest BCUT2D eigenvalue weighted by Crippen LogP contribution is 2.41. The van der Waals surface area contributed by atoms with Crippen molar-refractivity contribution in [3.05, 3.63) is 16.0 Å². The molecule has 1 saturated heterocycles. The van der Waals surface area contributed by atoms with Gasteiger partial charge in [0.1, 0.15) is 11.5 Å². The van der Waals surface area contributed by atoms with Gasteiger partial charge in [-0.05, 0) is 31.4 Å². The molecule has 1 aromatic rings. The number of fused-ring (bicyclic) bond motifs is 3. The number of nitrogens with zero attached hydrogens (tertiary/aromatic N) is 3. The van der Waals surface area contributed by atoms with E-state index >= 15 is 0 Å². The molecule has 0 radical (unpaired) electrons. The summed E-state index contributed by atoms with van der Waals surface area (Å²) < 4.78 is 5.17. The van der Waals surface area contributed by atoms with Gasteiger partial charge in [0.15, 0.2) is 0 Å². The highest BCUT2D eigenvalue weighted by atomic mass is 32.1. The summed E-state index contributed by atoms with van der Waals surface area (Å²) in [4.78, 5) is 44.8. The number of thiophene rings is 1. The lowest BCUT2D eigenvalue weighted by Crippen LogP contribution is -2.49. The van der Waals surface area contributed by atoms with E-state index in [2.05, 4.69) is 5.32 Å². The van der Waals surface area contributed by atoms with Gasteiger partial charge >= 0.3 is 0 Å². The Morgan fingerprint density at radius 2 is 2.10 bits per heavy atom. The fourth-order valence-electron chi connectivity index (χ4n) is 4.34. The van der Waals surface area contributed by atoms with E-state index in [1.165, 1.54) is 16.2 Å². The Hall–Kier alpha value is -1.97. The lowest BCUT2D eigenvalue weighted by Gasteiger charge is -2.32. The Balaban J connectivity index is 1.63. The molecule has 0 unspecified atom stereocenters. The molecule has 0 bridgehead atoms. The third-order valence-electron chi connectivity index (χ3n) is 5.96. The van der Waals surface area contributed by atoms with E-state index in [1.54, 1.807) is 19.1 Å². The van der Waals surface area contributed by atoms with Crippen molar-refractivity contribution < 1.29 is 19.1 Å². The van der Waals surface area contributed by atoms with Crippen molar-refractivity contribution >= 4 is 34.1 Å². The third-order valence-corrected chi connectivity index (χ3v) is 7.20. The minimum atomic E-state index is -0.112. The number of carbonyl (C=O) groups is 3. The van der Waals surface area contributed by atoms with Gasteiger partial charge in [-0.2, -0.15) is 0 Å². The molecule has 1 fully saturated rings. The number of amides is 3. The SMILES string of the molecule is COCCN1C(=O)CN(C)C(=O)c2c1sc1c2CCN(C(=O)[C@H]2CCCCN2)C1. The fourth-order valence-corrected chi connectivity index (χ4v) is 5.74. The number of ether oxygens (including phenoxy) is 1. The van der Waals surface area contributed by atoms with Crippen LogP contribution in [-0.4, -0.2) is 80.5 Å². The number of carbonyl (C=O) groups excluding carboxylic acids is 3. The Bertz CT molecular complexity index is 818. The average Bonchev–Trinajstić information content (AvgIpc) is 3.08. The van der Waals surface area contributed by atoms with Gasteiger partial charge in [0, 0.05) is 25.6 Å². The van der Waals surface area contributed by atoms with E-state index in [0.717, 1.165) is 36.2 Å². The summed E-state index contributed by atoms with van der Waals surface area (Å²) in [6.07, 6.45) is 3.72. The van der Waals surface area contributed by atoms with Crippen molar-refractivity contribution in [3.63, 3.8) is 0 Å². The molecule has 4 rings (SSSR count). The molecule has 0 aromatic carbocycles. The van der Waals surface area contributed by atoms with Crippen LogP contribution in [0.3, 0.4) is 0 Å². The molecule has 1 aromatic heterocycles. The molecule has 3 aliphatic rings. The summed E-state index contributed by atoms with van der Waals surface area (Å²) in [5.74, 6) is -0.0659. The largest absolute Gasteiger partial charge is 0.383 e. The summed E-state index contributed by atoms with van der Waals surface area (Å²) in [5.41, 5.74) is 1.64. The van der Waals surface area contributed by atoms with Crippen molar-refractivity contribution in [1.29, 1.82) is 0 Å². The number of methoxy groups -OCH3 is 1. The highest BCUT2D eigenvalue weighted by molar-refractivity contribution is 7.17. The lowest BCUT2D eigenvalue weighted by atomic mass is 9.99. The van der Waals surface area contributed by atoms with E-state index in [1.807, 2.05) is 4.90 Å². The van der Waals surface area contributed by atoms with E-state index in [9.17, 15) is 14.4 Å². The maximum atomic E-state index is 13.0. The van der Waals surface area contributed by atoms with Crippen LogP contribution in [0.1, 0.15) is 40.1 Å². The molecule has 29 heavy (non-hydrogen) atoms.